The second-order valence-electron chi connectivity index (χ2n) is 11.0. The fraction of sp³-hybridized carbons (Fsp3) is 0.281. The summed E-state index contributed by atoms with van der Waals surface area (Å²) >= 11 is 6.63. The number of nitrogens with zero attached hydrogens (tertiary/aromatic N) is 2. The van der Waals surface area contributed by atoms with Crippen LogP contribution in [0.2, 0.25) is 5.02 Å². The van der Waals surface area contributed by atoms with Crippen molar-refractivity contribution in [2.75, 3.05) is 20.3 Å². The number of nitrogens with one attached hydrogen (secondary N) is 2. The summed E-state index contributed by atoms with van der Waals surface area (Å²) in [6, 6.07) is 11.7. The average Bonchev–Trinajstić information content (AvgIpc) is 3.73. The van der Waals surface area contributed by atoms with Crippen molar-refractivity contribution in [2.45, 2.75) is 37.5 Å². The van der Waals surface area contributed by atoms with Gasteiger partial charge in [0.1, 0.15) is 18.2 Å². The number of halogens is 4. The molecule has 0 spiro atoms. The molecule has 7 rings (SSSR count). The van der Waals surface area contributed by atoms with Gasteiger partial charge in [0, 0.05) is 36.2 Å². The summed E-state index contributed by atoms with van der Waals surface area (Å²) in [6.07, 6.45) is 3.00. The normalized spacial score (nSPS) is 19.5. The lowest BCUT2D eigenvalue weighted by atomic mass is 9.80. The molecular formula is C32H26ClF3N4O5. The first-order valence-corrected chi connectivity index (χ1v) is 14.7. The monoisotopic (exact) mass is 638 g/mol. The molecule has 232 valence electrons. The van der Waals surface area contributed by atoms with Gasteiger partial charge in [0.25, 0.3) is 5.91 Å². The van der Waals surface area contributed by atoms with Crippen LogP contribution in [-0.2, 0) is 18.6 Å². The highest BCUT2D eigenvalue weighted by atomic mass is 35.5. The number of benzene rings is 3. The third-order valence-electron chi connectivity index (χ3n) is 8.50. The Morgan fingerprint density at radius 1 is 1.13 bits per heavy atom. The van der Waals surface area contributed by atoms with E-state index in [2.05, 4.69) is 15.7 Å². The second kappa shape index (κ2) is 11.1. The Labute approximate surface area is 259 Å². The Morgan fingerprint density at radius 3 is 2.64 bits per heavy atom. The smallest absolute Gasteiger partial charge is 0.313 e. The van der Waals surface area contributed by atoms with E-state index in [-0.39, 0.29) is 52.9 Å². The van der Waals surface area contributed by atoms with Crippen molar-refractivity contribution < 1.29 is 32.2 Å². The summed E-state index contributed by atoms with van der Waals surface area (Å²) < 4.78 is 64.4. The number of amides is 1. The van der Waals surface area contributed by atoms with Crippen LogP contribution in [0.15, 0.2) is 53.5 Å². The van der Waals surface area contributed by atoms with Crippen molar-refractivity contribution in [2.24, 2.45) is 0 Å². The van der Waals surface area contributed by atoms with Crippen LogP contribution >= 0.6 is 11.6 Å². The average molecular weight is 639 g/mol. The standard InChI is InChI=1S/C32H26ClF3N4O5/c1-37-30(41)17-12-21-28(44-29-22(43-21)15-39-40(11-9-34)31(29)42)27(36)25(17)24-18-14-32(23-8-5-10-38-23,16-6-3-2-4-7-16)45-20(18)13-19(35)26(24)33/h2-4,6-7,12-13,15,23,38H,5,8-11,14H2,1H3,(H,37,41)/t23-,32-/m0/s1. The number of carbonyl (C=O) groups excluding carboxylic acids is 1. The fourth-order valence-corrected chi connectivity index (χ4v) is 6.71. The highest BCUT2D eigenvalue weighted by Crippen LogP contribution is 2.55. The summed E-state index contributed by atoms with van der Waals surface area (Å²) in [5.41, 5.74) is -1.24. The zero-order valence-corrected chi connectivity index (χ0v) is 24.6. The Hall–Kier alpha value is -4.55. The lowest BCUT2D eigenvalue weighted by molar-refractivity contribution is 0.0539. The van der Waals surface area contributed by atoms with Gasteiger partial charge in [-0.1, -0.05) is 41.9 Å². The molecule has 0 unspecified atom stereocenters. The lowest BCUT2D eigenvalue weighted by Crippen LogP contribution is -2.48. The maximum absolute atomic E-state index is 16.9. The minimum Gasteiger partial charge on any atom is -0.480 e. The van der Waals surface area contributed by atoms with Gasteiger partial charge >= 0.3 is 5.56 Å². The van der Waals surface area contributed by atoms with Crippen molar-refractivity contribution in [3.05, 3.63) is 92.4 Å². The van der Waals surface area contributed by atoms with E-state index < -0.39 is 51.9 Å². The van der Waals surface area contributed by atoms with Gasteiger partial charge in [-0.25, -0.2) is 17.9 Å². The minimum absolute atomic E-state index is 0.0830. The van der Waals surface area contributed by atoms with Gasteiger partial charge in [-0.15, -0.1) is 0 Å². The molecule has 1 aromatic heterocycles. The molecule has 1 saturated heterocycles. The number of alkyl halides is 1. The summed E-state index contributed by atoms with van der Waals surface area (Å²) in [7, 11) is 1.36. The molecule has 13 heteroatoms. The molecule has 3 aliphatic rings. The van der Waals surface area contributed by atoms with Crippen LogP contribution in [0.25, 0.3) is 11.1 Å². The van der Waals surface area contributed by atoms with E-state index in [0.29, 0.717) is 5.56 Å². The van der Waals surface area contributed by atoms with Gasteiger partial charge in [-0.3, -0.25) is 9.59 Å². The number of fused-ring (bicyclic) bond motifs is 3. The first-order chi connectivity index (χ1) is 21.8. The van der Waals surface area contributed by atoms with E-state index in [4.69, 9.17) is 25.8 Å². The van der Waals surface area contributed by atoms with E-state index in [1.54, 1.807) is 0 Å². The maximum atomic E-state index is 16.9. The van der Waals surface area contributed by atoms with Crippen LogP contribution in [0.4, 0.5) is 13.2 Å². The Morgan fingerprint density at radius 2 is 1.93 bits per heavy atom. The van der Waals surface area contributed by atoms with Crippen molar-refractivity contribution >= 4 is 17.5 Å². The van der Waals surface area contributed by atoms with E-state index in [0.717, 1.165) is 35.8 Å². The largest absolute Gasteiger partial charge is 0.480 e. The molecule has 3 aromatic carbocycles. The van der Waals surface area contributed by atoms with Gasteiger partial charge in [-0.05, 0) is 31.0 Å². The highest BCUT2D eigenvalue weighted by molar-refractivity contribution is 6.34. The fourth-order valence-electron chi connectivity index (χ4n) is 6.44. The SMILES string of the molecule is CNC(=O)c1cc2c(c(F)c1-c1c(Cl)c(F)cc3c1C[C@](c1ccccc1)([C@@H]1CCCN1)O3)Oc1c(cnn(CCF)c1=O)O2. The van der Waals surface area contributed by atoms with Crippen molar-refractivity contribution in [1.82, 2.24) is 20.4 Å². The Kier molecular flexibility index (Phi) is 7.20. The quantitative estimate of drug-likeness (QED) is 0.248. The number of aryl methyl sites for hydroxylation is 1. The van der Waals surface area contributed by atoms with E-state index in [9.17, 15) is 14.0 Å². The molecule has 0 bridgehead atoms. The van der Waals surface area contributed by atoms with E-state index >= 15 is 8.78 Å². The molecule has 3 aliphatic heterocycles. The van der Waals surface area contributed by atoms with Crippen LogP contribution < -0.4 is 30.4 Å². The summed E-state index contributed by atoms with van der Waals surface area (Å²) in [5, 5.41) is 9.41. The minimum atomic E-state index is -1.11. The lowest BCUT2D eigenvalue weighted by Gasteiger charge is -2.35. The number of aromatic nitrogens is 2. The van der Waals surface area contributed by atoms with Gasteiger partial charge in [0.05, 0.1) is 29.4 Å². The number of ether oxygens (including phenoxy) is 3. The summed E-state index contributed by atoms with van der Waals surface area (Å²) in [4.78, 5) is 26.2. The molecule has 1 amide bonds. The first-order valence-electron chi connectivity index (χ1n) is 14.4. The molecule has 0 aliphatic carbocycles. The molecule has 2 N–H and O–H groups in total. The summed E-state index contributed by atoms with van der Waals surface area (Å²) in [6.45, 7) is -0.457. The molecule has 4 heterocycles. The van der Waals surface area contributed by atoms with E-state index in [1.165, 1.54) is 19.2 Å². The highest BCUT2D eigenvalue weighted by Gasteiger charge is 2.50. The van der Waals surface area contributed by atoms with Crippen LogP contribution in [0.1, 0.15) is 34.3 Å². The molecule has 2 atom stereocenters. The Balaban J connectivity index is 1.44. The first kappa shape index (κ1) is 29.2. The van der Waals surface area contributed by atoms with Crippen molar-refractivity contribution in [3.8, 4) is 39.9 Å². The topological polar surface area (TPSA) is 104 Å². The van der Waals surface area contributed by atoms with Crippen molar-refractivity contribution in [3.63, 3.8) is 0 Å². The molecule has 0 radical (unpaired) electrons. The maximum Gasteiger partial charge on any atom is 0.313 e. The van der Waals surface area contributed by atoms with Crippen LogP contribution in [0, 0.1) is 11.6 Å². The van der Waals surface area contributed by atoms with Crippen LogP contribution in [-0.4, -0.2) is 42.0 Å². The molecule has 1 fully saturated rings. The van der Waals surface area contributed by atoms with Gasteiger partial charge in [-0.2, -0.15) is 5.10 Å². The van der Waals surface area contributed by atoms with Gasteiger partial charge < -0.3 is 24.8 Å². The number of carbonyl (C=O) groups is 1. The molecular weight excluding hydrogens is 613 g/mol. The van der Waals surface area contributed by atoms with Crippen LogP contribution in [0.3, 0.4) is 0 Å². The Bertz CT molecular complexity index is 1920. The zero-order chi connectivity index (χ0) is 31.5. The van der Waals surface area contributed by atoms with E-state index in [1.807, 2.05) is 30.3 Å². The molecule has 45 heavy (non-hydrogen) atoms. The number of hydrogen-bond acceptors (Lipinski definition) is 7. The predicted molar refractivity (Wildman–Crippen MR) is 158 cm³/mol. The van der Waals surface area contributed by atoms with Crippen molar-refractivity contribution in [1.29, 1.82) is 0 Å². The third kappa shape index (κ3) is 4.54. The summed E-state index contributed by atoms with van der Waals surface area (Å²) in [5.74, 6) is -3.86. The number of rotatable bonds is 6. The molecule has 9 nitrogen and oxygen atoms in total. The van der Waals surface area contributed by atoms with Crippen LogP contribution in [0.5, 0.6) is 28.7 Å². The number of hydrogen-bond donors (Lipinski definition) is 2. The van der Waals surface area contributed by atoms with Gasteiger partial charge in [0.2, 0.25) is 11.5 Å². The molecule has 0 saturated carbocycles. The second-order valence-corrected chi connectivity index (χ2v) is 11.4. The molecule has 4 aromatic rings. The third-order valence-corrected chi connectivity index (χ3v) is 8.87. The van der Waals surface area contributed by atoms with Gasteiger partial charge in [0.15, 0.2) is 22.9 Å². The predicted octanol–water partition coefficient (Wildman–Crippen LogP) is 5.65. The zero-order valence-electron chi connectivity index (χ0n) is 23.9.